The SMILES string of the molecule is CCNC(Cc1c(Cl)c(C)nn1C)c1cc(C)cc(F)c1. The van der Waals surface area contributed by atoms with Crippen molar-refractivity contribution in [2.75, 3.05) is 6.54 Å². The Labute approximate surface area is 130 Å². The molecule has 1 heterocycles. The summed E-state index contributed by atoms with van der Waals surface area (Å²) in [6.45, 7) is 6.63. The predicted octanol–water partition coefficient (Wildman–Crippen LogP) is 3.72. The van der Waals surface area contributed by atoms with Crippen molar-refractivity contribution in [2.45, 2.75) is 33.2 Å². The van der Waals surface area contributed by atoms with Crippen LogP contribution in [-0.4, -0.2) is 16.3 Å². The monoisotopic (exact) mass is 309 g/mol. The van der Waals surface area contributed by atoms with Crippen molar-refractivity contribution in [3.63, 3.8) is 0 Å². The summed E-state index contributed by atoms with van der Waals surface area (Å²) < 4.78 is 15.5. The van der Waals surface area contributed by atoms with E-state index in [-0.39, 0.29) is 11.9 Å². The molecule has 1 N–H and O–H groups in total. The van der Waals surface area contributed by atoms with Crippen LogP contribution in [0.3, 0.4) is 0 Å². The Morgan fingerprint density at radius 2 is 2.05 bits per heavy atom. The van der Waals surface area contributed by atoms with E-state index in [4.69, 9.17) is 11.6 Å². The third-order valence-corrected chi connectivity index (χ3v) is 4.07. The minimum absolute atomic E-state index is 0.0108. The highest BCUT2D eigenvalue weighted by atomic mass is 35.5. The molecule has 1 unspecified atom stereocenters. The molecular formula is C16H21ClFN3. The number of aryl methyl sites for hydroxylation is 3. The summed E-state index contributed by atoms with van der Waals surface area (Å²) in [6, 6.07) is 5.13. The van der Waals surface area contributed by atoms with Gasteiger partial charge in [0.15, 0.2) is 0 Å². The lowest BCUT2D eigenvalue weighted by Crippen LogP contribution is -2.24. The smallest absolute Gasteiger partial charge is 0.123 e. The molecule has 21 heavy (non-hydrogen) atoms. The van der Waals surface area contributed by atoms with Crippen LogP contribution in [-0.2, 0) is 13.5 Å². The first-order valence-corrected chi connectivity index (χ1v) is 7.48. The van der Waals surface area contributed by atoms with Gasteiger partial charge in [-0.05, 0) is 43.7 Å². The normalized spacial score (nSPS) is 12.7. The van der Waals surface area contributed by atoms with Crippen LogP contribution >= 0.6 is 11.6 Å². The molecule has 2 rings (SSSR count). The van der Waals surface area contributed by atoms with E-state index in [0.717, 1.165) is 29.1 Å². The van der Waals surface area contributed by atoms with E-state index in [2.05, 4.69) is 10.4 Å². The van der Waals surface area contributed by atoms with E-state index >= 15 is 0 Å². The summed E-state index contributed by atoms with van der Waals surface area (Å²) in [7, 11) is 1.88. The van der Waals surface area contributed by atoms with Gasteiger partial charge >= 0.3 is 0 Å². The number of nitrogens with one attached hydrogen (secondary N) is 1. The molecule has 1 aromatic carbocycles. The fourth-order valence-corrected chi connectivity index (χ4v) is 2.85. The number of benzene rings is 1. The Hall–Kier alpha value is -1.39. The third kappa shape index (κ3) is 3.63. The molecule has 0 amide bonds. The van der Waals surface area contributed by atoms with Crippen LogP contribution in [0.15, 0.2) is 18.2 Å². The topological polar surface area (TPSA) is 29.9 Å². The quantitative estimate of drug-likeness (QED) is 0.912. The van der Waals surface area contributed by atoms with Crippen LogP contribution in [0.5, 0.6) is 0 Å². The van der Waals surface area contributed by atoms with E-state index in [9.17, 15) is 4.39 Å². The lowest BCUT2D eigenvalue weighted by molar-refractivity contribution is 0.523. The molecule has 5 heteroatoms. The number of hydrogen-bond donors (Lipinski definition) is 1. The summed E-state index contributed by atoms with van der Waals surface area (Å²) in [5, 5.41) is 8.42. The van der Waals surface area contributed by atoms with Gasteiger partial charge in [0, 0.05) is 19.5 Å². The zero-order valence-corrected chi connectivity index (χ0v) is 13.6. The van der Waals surface area contributed by atoms with E-state index < -0.39 is 0 Å². The van der Waals surface area contributed by atoms with Crippen LogP contribution in [0.1, 0.15) is 35.5 Å². The van der Waals surface area contributed by atoms with Crippen molar-refractivity contribution in [1.82, 2.24) is 15.1 Å². The summed E-state index contributed by atoms with van der Waals surface area (Å²) in [6.07, 6.45) is 0.674. The molecule has 114 valence electrons. The number of halogens is 2. The zero-order chi connectivity index (χ0) is 15.6. The molecule has 0 spiro atoms. The first kappa shape index (κ1) is 16.0. The molecule has 0 bridgehead atoms. The Morgan fingerprint density at radius 1 is 1.33 bits per heavy atom. The van der Waals surface area contributed by atoms with Crippen LogP contribution in [0, 0.1) is 19.7 Å². The standard InChI is InChI=1S/C16H21ClFN3/c1-5-19-14(12-6-10(2)7-13(18)8-12)9-15-16(17)11(3)20-21(15)4/h6-8,14,19H,5,9H2,1-4H3. The molecule has 0 aliphatic rings. The lowest BCUT2D eigenvalue weighted by Gasteiger charge is -2.19. The van der Waals surface area contributed by atoms with Crippen LogP contribution in [0.4, 0.5) is 4.39 Å². The van der Waals surface area contributed by atoms with Crippen molar-refractivity contribution >= 4 is 11.6 Å². The predicted molar refractivity (Wildman–Crippen MR) is 84.2 cm³/mol. The Morgan fingerprint density at radius 3 is 2.57 bits per heavy atom. The van der Waals surface area contributed by atoms with Crippen molar-refractivity contribution in [3.8, 4) is 0 Å². The van der Waals surface area contributed by atoms with E-state index in [1.165, 1.54) is 6.07 Å². The fraction of sp³-hybridized carbons (Fsp3) is 0.438. The van der Waals surface area contributed by atoms with Crippen molar-refractivity contribution in [1.29, 1.82) is 0 Å². The number of aromatic nitrogens is 2. The highest BCUT2D eigenvalue weighted by Gasteiger charge is 2.18. The van der Waals surface area contributed by atoms with Gasteiger partial charge in [0.25, 0.3) is 0 Å². The molecule has 0 fully saturated rings. The number of hydrogen-bond acceptors (Lipinski definition) is 2. The third-order valence-electron chi connectivity index (χ3n) is 3.58. The maximum Gasteiger partial charge on any atom is 0.123 e. The molecule has 0 saturated heterocycles. The first-order chi connectivity index (χ1) is 9.92. The first-order valence-electron chi connectivity index (χ1n) is 7.10. The average Bonchev–Trinajstić information content (AvgIpc) is 2.63. The summed E-state index contributed by atoms with van der Waals surface area (Å²) in [5.41, 5.74) is 3.63. The van der Waals surface area contributed by atoms with Crippen LogP contribution < -0.4 is 5.32 Å². The number of nitrogens with zero attached hydrogens (tertiary/aromatic N) is 2. The van der Waals surface area contributed by atoms with Crippen molar-refractivity contribution < 1.29 is 4.39 Å². The summed E-state index contributed by atoms with van der Waals surface area (Å²) >= 11 is 6.32. The molecule has 3 nitrogen and oxygen atoms in total. The minimum Gasteiger partial charge on any atom is -0.310 e. The zero-order valence-electron chi connectivity index (χ0n) is 12.9. The molecular weight excluding hydrogens is 289 g/mol. The largest absolute Gasteiger partial charge is 0.310 e. The Kier molecular flexibility index (Phi) is 5.01. The maximum absolute atomic E-state index is 13.7. The molecule has 0 aliphatic heterocycles. The highest BCUT2D eigenvalue weighted by Crippen LogP contribution is 2.26. The van der Waals surface area contributed by atoms with Gasteiger partial charge in [0.2, 0.25) is 0 Å². The Balaban J connectivity index is 2.35. The molecule has 2 aromatic rings. The summed E-state index contributed by atoms with van der Waals surface area (Å²) in [5.74, 6) is -0.208. The van der Waals surface area contributed by atoms with Gasteiger partial charge in [-0.25, -0.2) is 4.39 Å². The second-order valence-electron chi connectivity index (χ2n) is 5.35. The van der Waals surface area contributed by atoms with E-state index in [1.54, 1.807) is 10.7 Å². The van der Waals surface area contributed by atoms with E-state index in [1.807, 2.05) is 33.9 Å². The maximum atomic E-state index is 13.7. The average molecular weight is 310 g/mol. The van der Waals surface area contributed by atoms with Gasteiger partial charge in [-0.3, -0.25) is 4.68 Å². The fourth-order valence-electron chi connectivity index (χ4n) is 2.62. The summed E-state index contributed by atoms with van der Waals surface area (Å²) in [4.78, 5) is 0. The van der Waals surface area contributed by atoms with E-state index in [0.29, 0.717) is 11.4 Å². The molecule has 0 aliphatic carbocycles. The lowest BCUT2D eigenvalue weighted by atomic mass is 9.99. The van der Waals surface area contributed by atoms with Crippen LogP contribution in [0.25, 0.3) is 0 Å². The minimum atomic E-state index is -0.208. The Bertz CT molecular complexity index is 616. The highest BCUT2D eigenvalue weighted by molar-refractivity contribution is 6.31. The molecule has 1 atom stereocenters. The van der Waals surface area contributed by atoms with Gasteiger partial charge < -0.3 is 5.32 Å². The van der Waals surface area contributed by atoms with Gasteiger partial charge in [-0.15, -0.1) is 0 Å². The van der Waals surface area contributed by atoms with Crippen molar-refractivity contribution in [2.24, 2.45) is 7.05 Å². The number of likely N-dealkylation sites (N-methyl/N-ethyl adjacent to an activating group) is 1. The van der Waals surface area contributed by atoms with Crippen molar-refractivity contribution in [3.05, 3.63) is 51.6 Å². The number of rotatable bonds is 5. The van der Waals surface area contributed by atoms with Gasteiger partial charge in [0.1, 0.15) is 5.82 Å². The second kappa shape index (κ2) is 6.58. The second-order valence-corrected chi connectivity index (χ2v) is 5.72. The van der Waals surface area contributed by atoms with Gasteiger partial charge in [-0.2, -0.15) is 5.10 Å². The molecule has 1 aromatic heterocycles. The molecule has 0 saturated carbocycles. The molecule has 0 radical (unpaired) electrons. The van der Waals surface area contributed by atoms with Crippen LogP contribution in [0.2, 0.25) is 5.02 Å². The van der Waals surface area contributed by atoms with Gasteiger partial charge in [-0.1, -0.05) is 24.6 Å². The van der Waals surface area contributed by atoms with Gasteiger partial charge in [0.05, 0.1) is 16.4 Å².